The molecule has 0 spiro atoms. The maximum atomic E-state index is 11.9. The normalized spacial score (nSPS) is 10.7. The van der Waals surface area contributed by atoms with Crippen LogP contribution < -0.4 is 10.1 Å². The molecule has 0 saturated heterocycles. The Bertz CT molecular complexity index is 654. The van der Waals surface area contributed by atoms with Crippen LogP contribution in [0.4, 0.5) is 0 Å². The summed E-state index contributed by atoms with van der Waals surface area (Å²) in [4.78, 5) is 16.2. The number of hydrogen-bond donors (Lipinski definition) is 1. The van der Waals surface area contributed by atoms with E-state index in [1.54, 1.807) is 6.20 Å². The molecule has 2 rings (SSSR count). The van der Waals surface area contributed by atoms with Crippen molar-refractivity contribution in [3.05, 3.63) is 58.2 Å². The van der Waals surface area contributed by atoms with Gasteiger partial charge in [-0.05, 0) is 56.4 Å². The third-order valence-corrected chi connectivity index (χ3v) is 4.20. The first-order chi connectivity index (χ1) is 12.0. The number of nitrogens with one attached hydrogen (secondary N) is 1. The lowest BCUT2D eigenvalue weighted by molar-refractivity contribution is -0.121. The number of hydrogen-bond acceptors (Lipinski definition) is 3. The summed E-state index contributed by atoms with van der Waals surface area (Å²) in [6.45, 7) is 4.43. The summed E-state index contributed by atoms with van der Waals surface area (Å²) in [7, 11) is 0. The van der Waals surface area contributed by atoms with Crippen molar-refractivity contribution in [3.8, 4) is 5.88 Å². The van der Waals surface area contributed by atoms with Gasteiger partial charge >= 0.3 is 0 Å². The molecule has 0 saturated carbocycles. The molecular formula is C20H25BrN2O2. The van der Waals surface area contributed by atoms with Crippen molar-refractivity contribution in [2.75, 3.05) is 0 Å². The second-order valence-corrected chi connectivity index (χ2v) is 7.20. The van der Waals surface area contributed by atoms with Gasteiger partial charge in [0, 0.05) is 29.7 Å². The molecule has 1 N–H and O–H groups in total. The van der Waals surface area contributed by atoms with Gasteiger partial charge < -0.3 is 10.1 Å². The zero-order chi connectivity index (χ0) is 18.1. The lowest BCUT2D eigenvalue weighted by Crippen LogP contribution is -2.22. The molecule has 1 heterocycles. The highest BCUT2D eigenvalue weighted by molar-refractivity contribution is 9.10. The van der Waals surface area contributed by atoms with E-state index >= 15 is 0 Å². The molecule has 1 amide bonds. The van der Waals surface area contributed by atoms with Crippen LogP contribution in [0.15, 0.2) is 47.1 Å². The Morgan fingerprint density at radius 3 is 2.48 bits per heavy atom. The number of nitrogens with zero attached hydrogens (tertiary/aromatic N) is 1. The van der Waals surface area contributed by atoms with Crippen molar-refractivity contribution in [1.29, 1.82) is 0 Å². The zero-order valence-corrected chi connectivity index (χ0v) is 16.4. The number of pyridine rings is 1. The Kier molecular flexibility index (Phi) is 7.92. The van der Waals surface area contributed by atoms with E-state index in [1.165, 1.54) is 5.56 Å². The molecule has 0 aliphatic rings. The van der Waals surface area contributed by atoms with Crippen LogP contribution in [0.5, 0.6) is 5.88 Å². The molecule has 0 radical (unpaired) electrons. The van der Waals surface area contributed by atoms with Crippen molar-refractivity contribution in [1.82, 2.24) is 10.3 Å². The molecule has 134 valence electrons. The van der Waals surface area contributed by atoms with E-state index in [0.29, 0.717) is 18.8 Å². The highest BCUT2D eigenvalue weighted by Gasteiger charge is 2.03. The van der Waals surface area contributed by atoms with Crippen molar-refractivity contribution in [3.63, 3.8) is 0 Å². The first-order valence-electron chi connectivity index (χ1n) is 8.65. The van der Waals surface area contributed by atoms with E-state index in [4.69, 9.17) is 4.74 Å². The lowest BCUT2D eigenvalue weighted by atomic mass is 10.1. The van der Waals surface area contributed by atoms with Gasteiger partial charge in [-0.15, -0.1) is 0 Å². The molecule has 0 unspecified atom stereocenters. The Morgan fingerprint density at radius 2 is 1.84 bits per heavy atom. The van der Waals surface area contributed by atoms with Crippen LogP contribution >= 0.6 is 15.9 Å². The van der Waals surface area contributed by atoms with Gasteiger partial charge in [-0.2, -0.15) is 0 Å². The first kappa shape index (κ1) is 19.4. The predicted octanol–water partition coefficient (Wildman–Crippen LogP) is 4.66. The van der Waals surface area contributed by atoms with Crippen LogP contribution in [0.25, 0.3) is 0 Å². The third-order valence-electron chi connectivity index (χ3n) is 3.68. The van der Waals surface area contributed by atoms with E-state index < -0.39 is 0 Å². The van der Waals surface area contributed by atoms with Crippen LogP contribution in [0, 0.1) is 0 Å². The number of aryl methyl sites for hydroxylation is 1. The molecule has 4 nitrogen and oxygen atoms in total. The molecule has 0 aliphatic heterocycles. The Balaban J connectivity index is 1.62. The fourth-order valence-electron chi connectivity index (χ4n) is 2.38. The van der Waals surface area contributed by atoms with Crippen molar-refractivity contribution >= 4 is 21.8 Å². The summed E-state index contributed by atoms with van der Waals surface area (Å²) in [5.41, 5.74) is 2.28. The van der Waals surface area contributed by atoms with Crippen molar-refractivity contribution in [2.45, 2.75) is 52.2 Å². The van der Waals surface area contributed by atoms with Crippen molar-refractivity contribution in [2.24, 2.45) is 0 Å². The highest BCUT2D eigenvalue weighted by Crippen LogP contribution is 2.13. The van der Waals surface area contributed by atoms with Gasteiger partial charge in [0.25, 0.3) is 0 Å². The highest BCUT2D eigenvalue weighted by atomic mass is 79.9. The second kappa shape index (κ2) is 10.2. The van der Waals surface area contributed by atoms with Crippen LogP contribution in [0.3, 0.4) is 0 Å². The van der Waals surface area contributed by atoms with E-state index in [-0.39, 0.29) is 12.0 Å². The summed E-state index contributed by atoms with van der Waals surface area (Å²) in [6.07, 6.45) is 5.31. The summed E-state index contributed by atoms with van der Waals surface area (Å²) in [5, 5.41) is 2.94. The smallest absolute Gasteiger partial charge is 0.220 e. The molecule has 5 heteroatoms. The second-order valence-electron chi connectivity index (χ2n) is 6.28. The van der Waals surface area contributed by atoms with Gasteiger partial charge in [0.2, 0.25) is 11.8 Å². The summed E-state index contributed by atoms with van der Waals surface area (Å²) >= 11 is 3.43. The van der Waals surface area contributed by atoms with Gasteiger partial charge in [0.05, 0.1) is 6.10 Å². The predicted molar refractivity (Wildman–Crippen MR) is 104 cm³/mol. The average molecular weight is 405 g/mol. The number of halogens is 1. The number of unbranched alkanes of at least 4 members (excludes halogenated alkanes) is 1. The number of carbonyl (C=O) groups excluding carboxylic acids is 1. The monoisotopic (exact) mass is 404 g/mol. The molecular weight excluding hydrogens is 380 g/mol. The zero-order valence-electron chi connectivity index (χ0n) is 14.8. The number of amides is 1. The Hall–Kier alpha value is -1.88. The summed E-state index contributed by atoms with van der Waals surface area (Å²) in [6, 6.07) is 12.1. The largest absolute Gasteiger partial charge is 0.475 e. The van der Waals surface area contributed by atoms with E-state index in [2.05, 4.69) is 38.4 Å². The average Bonchev–Trinajstić information content (AvgIpc) is 2.59. The minimum atomic E-state index is 0.0818. The van der Waals surface area contributed by atoms with Gasteiger partial charge in [0.15, 0.2) is 0 Å². The lowest BCUT2D eigenvalue weighted by Gasteiger charge is -2.09. The summed E-state index contributed by atoms with van der Waals surface area (Å²) in [5.74, 6) is 0.691. The number of benzene rings is 1. The quantitative estimate of drug-likeness (QED) is 0.618. The van der Waals surface area contributed by atoms with Crippen LogP contribution in [-0.2, 0) is 17.8 Å². The van der Waals surface area contributed by atoms with Crippen LogP contribution in [0.2, 0.25) is 0 Å². The van der Waals surface area contributed by atoms with E-state index in [9.17, 15) is 4.79 Å². The molecule has 1 aromatic carbocycles. The van der Waals surface area contributed by atoms with E-state index in [0.717, 1.165) is 29.3 Å². The fourth-order valence-corrected chi connectivity index (χ4v) is 2.65. The third kappa shape index (κ3) is 7.69. The summed E-state index contributed by atoms with van der Waals surface area (Å²) < 4.78 is 6.59. The molecule has 2 aromatic rings. The maximum absolute atomic E-state index is 11.9. The van der Waals surface area contributed by atoms with Gasteiger partial charge in [-0.25, -0.2) is 4.98 Å². The minimum Gasteiger partial charge on any atom is -0.475 e. The first-order valence-corrected chi connectivity index (χ1v) is 9.45. The van der Waals surface area contributed by atoms with Gasteiger partial charge in [0.1, 0.15) is 0 Å². The minimum absolute atomic E-state index is 0.0818. The molecule has 0 aliphatic carbocycles. The van der Waals surface area contributed by atoms with Gasteiger partial charge in [-0.3, -0.25) is 4.79 Å². The molecule has 25 heavy (non-hydrogen) atoms. The molecule has 1 aromatic heterocycles. The maximum Gasteiger partial charge on any atom is 0.220 e. The Labute approximate surface area is 158 Å². The van der Waals surface area contributed by atoms with E-state index in [1.807, 2.05) is 38.1 Å². The van der Waals surface area contributed by atoms with Crippen LogP contribution in [0.1, 0.15) is 44.2 Å². The number of aromatic nitrogens is 1. The SMILES string of the molecule is CC(C)Oc1ccc(CNC(=O)CCCCc2ccc(Br)cc2)cn1. The fraction of sp³-hybridized carbons (Fsp3) is 0.400. The number of carbonyl (C=O) groups is 1. The van der Waals surface area contributed by atoms with Crippen LogP contribution in [-0.4, -0.2) is 17.0 Å². The molecule has 0 bridgehead atoms. The van der Waals surface area contributed by atoms with Gasteiger partial charge in [-0.1, -0.05) is 34.1 Å². The number of ether oxygens (including phenoxy) is 1. The Morgan fingerprint density at radius 1 is 1.12 bits per heavy atom. The molecule has 0 atom stereocenters. The number of rotatable bonds is 9. The standard InChI is InChI=1S/C20H25BrN2O2/c1-15(2)25-20-12-9-17(14-23-20)13-22-19(24)6-4-3-5-16-7-10-18(21)11-8-16/h7-12,14-15H,3-6,13H2,1-2H3,(H,22,24). The molecule has 0 fully saturated rings. The van der Waals surface area contributed by atoms with Crippen molar-refractivity contribution < 1.29 is 9.53 Å². The topological polar surface area (TPSA) is 51.2 Å².